The van der Waals surface area contributed by atoms with Crippen LogP contribution < -0.4 is 4.18 Å². The Morgan fingerprint density at radius 3 is 2.44 bits per heavy atom. The van der Waals surface area contributed by atoms with E-state index in [-0.39, 0.29) is 5.69 Å². The second kappa shape index (κ2) is 4.48. The van der Waals surface area contributed by atoms with E-state index in [0.717, 1.165) is 17.9 Å². The fourth-order valence-electron chi connectivity index (χ4n) is 0.937. The summed E-state index contributed by atoms with van der Waals surface area (Å²) in [5.41, 5.74) is -5.83. The first kappa shape index (κ1) is 14.3. The fraction of sp³-hybridized carbons (Fsp3) is 0.429. The molecular weight excluding hydrogens is 281 g/mol. The molecule has 0 N–H and O–H groups in total. The summed E-state index contributed by atoms with van der Waals surface area (Å²) in [5, 5.41) is 3.29. The number of rotatable bonds is 3. The van der Waals surface area contributed by atoms with Gasteiger partial charge in [-0.15, -0.1) is 5.10 Å². The molecule has 18 heavy (non-hydrogen) atoms. The van der Waals surface area contributed by atoms with Gasteiger partial charge in [0.1, 0.15) is 5.69 Å². The van der Waals surface area contributed by atoms with Crippen LogP contribution in [-0.4, -0.2) is 36.8 Å². The SMILES string of the molecule is COC(=O)c1cc(OS(=O)(=O)C(F)(F)F)nn1C. The summed E-state index contributed by atoms with van der Waals surface area (Å²) < 4.78 is 66.2. The third kappa shape index (κ3) is 2.72. The molecule has 1 rings (SSSR count). The lowest BCUT2D eigenvalue weighted by Gasteiger charge is -2.06. The first-order chi connectivity index (χ1) is 8.08. The molecule has 0 bridgehead atoms. The van der Waals surface area contributed by atoms with Gasteiger partial charge in [0.25, 0.3) is 5.88 Å². The fourth-order valence-corrected chi connectivity index (χ4v) is 1.34. The van der Waals surface area contributed by atoms with Crippen molar-refractivity contribution in [2.45, 2.75) is 5.51 Å². The predicted molar refractivity (Wildman–Crippen MR) is 50.2 cm³/mol. The number of esters is 1. The minimum atomic E-state index is -5.81. The van der Waals surface area contributed by atoms with Crippen LogP contribution in [0, 0.1) is 0 Å². The number of alkyl halides is 3. The Morgan fingerprint density at radius 2 is 2.00 bits per heavy atom. The van der Waals surface area contributed by atoms with Crippen LogP contribution in [0.4, 0.5) is 13.2 Å². The molecular formula is C7H7F3N2O5S. The summed E-state index contributed by atoms with van der Waals surface area (Å²) in [6.07, 6.45) is 0. The Morgan fingerprint density at radius 1 is 1.44 bits per heavy atom. The van der Waals surface area contributed by atoms with Crippen molar-refractivity contribution < 1.29 is 35.3 Å². The number of aromatic nitrogens is 2. The highest BCUT2D eigenvalue weighted by Crippen LogP contribution is 2.26. The van der Waals surface area contributed by atoms with Gasteiger partial charge in [-0.05, 0) is 0 Å². The van der Waals surface area contributed by atoms with Gasteiger partial charge in [0, 0.05) is 13.1 Å². The molecule has 0 aliphatic rings. The van der Waals surface area contributed by atoms with Crippen molar-refractivity contribution in [3.63, 3.8) is 0 Å². The lowest BCUT2D eigenvalue weighted by atomic mass is 10.4. The van der Waals surface area contributed by atoms with E-state index in [1.165, 1.54) is 7.05 Å². The summed E-state index contributed by atoms with van der Waals surface area (Å²) in [5.74, 6) is -1.78. The molecule has 11 heteroatoms. The zero-order valence-corrected chi connectivity index (χ0v) is 9.87. The Hall–Kier alpha value is -1.78. The Balaban J connectivity index is 3.05. The first-order valence-electron chi connectivity index (χ1n) is 4.21. The number of nitrogens with zero attached hydrogens (tertiary/aromatic N) is 2. The highest BCUT2D eigenvalue weighted by atomic mass is 32.2. The first-order valence-corrected chi connectivity index (χ1v) is 5.62. The molecule has 1 aromatic rings. The Bertz CT molecular complexity index is 562. The molecule has 0 aliphatic carbocycles. The summed E-state index contributed by atoms with van der Waals surface area (Å²) in [7, 11) is -3.56. The van der Waals surface area contributed by atoms with Gasteiger partial charge in [0.05, 0.1) is 7.11 Å². The maximum atomic E-state index is 12.0. The third-order valence-electron chi connectivity index (χ3n) is 1.73. The van der Waals surface area contributed by atoms with E-state index in [4.69, 9.17) is 0 Å². The zero-order chi connectivity index (χ0) is 14.1. The lowest BCUT2D eigenvalue weighted by Crippen LogP contribution is -2.28. The van der Waals surface area contributed by atoms with Crippen LogP contribution in [0.2, 0.25) is 0 Å². The molecule has 0 fully saturated rings. The van der Waals surface area contributed by atoms with Crippen LogP contribution in [0.25, 0.3) is 0 Å². The van der Waals surface area contributed by atoms with E-state index < -0.39 is 27.5 Å². The number of ether oxygens (including phenoxy) is 1. The van der Waals surface area contributed by atoms with Gasteiger partial charge < -0.3 is 8.92 Å². The largest absolute Gasteiger partial charge is 0.534 e. The van der Waals surface area contributed by atoms with Crippen molar-refractivity contribution >= 4 is 16.1 Å². The van der Waals surface area contributed by atoms with E-state index in [0.29, 0.717) is 0 Å². The maximum Gasteiger partial charge on any atom is 0.534 e. The lowest BCUT2D eigenvalue weighted by molar-refractivity contribution is -0.0501. The van der Waals surface area contributed by atoms with Crippen LogP contribution in [-0.2, 0) is 21.9 Å². The summed E-state index contributed by atoms with van der Waals surface area (Å²) in [4.78, 5) is 11.1. The number of hydrogen-bond donors (Lipinski definition) is 0. The molecule has 0 radical (unpaired) electrons. The minimum Gasteiger partial charge on any atom is -0.464 e. The molecule has 0 aliphatic heterocycles. The summed E-state index contributed by atoms with van der Waals surface area (Å²) in [6.45, 7) is 0. The van der Waals surface area contributed by atoms with Gasteiger partial charge in [0.2, 0.25) is 0 Å². The van der Waals surface area contributed by atoms with Crippen molar-refractivity contribution in [3.05, 3.63) is 11.8 Å². The van der Waals surface area contributed by atoms with Gasteiger partial charge in [-0.25, -0.2) is 4.79 Å². The molecule has 0 spiro atoms. The number of carbonyl (C=O) groups excluding carboxylic acids is 1. The third-order valence-corrected chi connectivity index (χ3v) is 2.69. The van der Waals surface area contributed by atoms with Crippen molar-refractivity contribution in [3.8, 4) is 5.88 Å². The standard InChI is InChI=1S/C7H7F3N2O5S/c1-12-4(6(13)16-2)3-5(11-12)17-18(14,15)7(8,9)10/h3H,1-2H3. The van der Waals surface area contributed by atoms with Crippen LogP contribution in [0.3, 0.4) is 0 Å². The minimum absolute atomic E-state index is 0.259. The van der Waals surface area contributed by atoms with Gasteiger partial charge >= 0.3 is 21.6 Å². The molecule has 0 atom stereocenters. The van der Waals surface area contributed by atoms with Gasteiger partial charge in [-0.3, -0.25) is 4.68 Å². The van der Waals surface area contributed by atoms with E-state index >= 15 is 0 Å². The quantitative estimate of drug-likeness (QED) is 0.455. The van der Waals surface area contributed by atoms with E-state index in [1.807, 2.05) is 0 Å². The average Bonchev–Trinajstić information content (AvgIpc) is 2.55. The monoisotopic (exact) mass is 288 g/mol. The van der Waals surface area contributed by atoms with E-state index in [9.17, 15) is 26.4 Å². The second-order valence-electron chi connectivity index (χ2n) is 2.97. The number of methoxy groups -OCH3 is 1. The highest BCUT2D eigenvalue weighted by molar-refractivity contribution is 7.87. The van der Waals surface area contributed by atoms with Gasteiger partial charge in [0.15, 0.2) is 0 Å². The molecule has 0 saturated carbocycles. The molecule has 0 saturated heterocycles. The number of carbonyl (C=O) groups is 1. The zero-order valence-electron chi connectivity index (χ0n) is 9.06. The van der Waals surface area contributed by atoms with Gasteiger partial charge in [-0.1, -0.05) is 0 Å². The normalized spacial score (nSPS) is 12.3. The molecule has 0 amide bonds. The maximum absolute atomic E-state index is 12.0. The molecule has 7 nitrogen and oxygen atoms in total. The highest BCUT2D eigenvalue weighted by Gasteiger charge is 2.49. The molecule has 1 aromatic heterocycles. The van der Waals surface area contributed by atoms with Crippen LogP contribution in [0.15, 0.2) is 6.07 Å². The average molecular weight is 288 g/mol. The van der Waals surface area contributed by atoms with Crippen molar-refractivity contribution in [1.29, 1.82) is 0 Å². The Kier molecular flexibility index (Phi) is 3.55. The molecule has 0 unspecified atom stereocenters. The van der Waals surface area contributed by atoms with Crippen LogP contribution >= 0.6 is 0 Å². The summed E-state index contributed by atoms with van der Waals surface area (Å²) >= 11 is 0. The van der Waals surface area contributed by atoms with Crippen LogP contribution in [0.1, 0.15) is 10.5 Å². The molecule has 0 aromatic carbocycles. The van der Waals surface area contributed by atoms with Crippen molar-refractivity contribution in [1.82, 2.24) is 9.78 Å². The molecule has 102 valence electrons. The number of hydrogen-bond acceptors (Lipinski definition) is 6. The number of halogens is 3. The second-order valence-corrected chi connectivity index (χ2v) is 4.50. The number of aryl methyl sites for hydroxylation is 1. The van der Waals surface area contributed by atoms with Gasteiger partial charge in [-0.2, -0.15) is 21.6 Å². The van der Waals surface area contributed by atoms with Crippen molar-refractivity contribution in [2.24, 2.45) is 7.05 Å². The predicted octanol–water partition coefficient (Wildman–Crippen LogP) is 0.435. The summed E-state index contributed by atoms with van der Waals surface area (Å²) in [6, 6.07) is 0.717. The van der Waals surface area contributed by atoms with E-state index in [1.54, 1.807) is 0 Å². The topological polar surface area (TPSA) is 87.5 Å². The Labute approximate surface area is 99.2 Å². The molecule has 1 heterocycles. The van der Waals surface area contributed by atoms with Crippen LogP contribution in [0.5, 0.6) is 5.88 Å². The smallest absolute Gasteiger partial charge is 0.464 e. The van der Waals surface area contributed by atoms with E-state index in [2.05, 4.69) is 14.0 Å². The van der Waals surface area contributed by atoms with Crippen molar-refractivity contribution in [2.75, 3.05) is 7.11 Å².